The molecule has 1 N–H and O–H groups in total. The van der Waals surface area contributed by atoms with Crippen LogP contribution in [0.4, 0.5) is 8.78 Å². The van der Waals surface area contributed by atoms with E-state index in [4.69, 9.17) is 0 Å². The molecule has 0 amide bonds. The number of halogens is 2. The van der Waals surface area contributed by atoms with Gasteiger partial charge in [0.05, 0.1) is 12.7 Å². The van der Waals surface area contributed by atoms with Crippen molar-refractivity contribution in [3.8, 4) is 17.4 Å². The van der Waals surface area contributed by atoms with Crippen LogP contribution < -0.4 is 0 Å². The maximum absolute atomic E-state index is 13.7. The third-order valence-electron chi connectivity index (χ3n) is 3.21. The Labute approximate surface area is 124 Å². The van der Waals surface area contributed by atoms with Gasteiger partial charge >= 0.3 is 0 Å². The van der Waals surface area contributed by atoms with E-state index in [1.54, 1.807) is 35.9 Å². The normalized spacial score (nSPS) is 10.9. The van der Waals surface area contributed by atoms with Crippen LogP contribution in [0.25, 0.3) is 11.5 Å². The Kier molecular flexibility index (Phi) is 3.54. The molecule has 0 fully saturated rings. The highest BCUT2D eigenvalue weighted by molar-refractivity contribution is 5.50. The molecule has 0 saturated heterocycles. The number of aryl methyl sites for hydroxylation is 1. The lowest BCUT2D eigenvalue weighted by molar-refractivity contribution is 0.409. The second-order valence-electron chi connectivity index (χ2n) is 4.79. The molecule has 22 heavy (non-hydrogen) atoms. The van der Waals surface area contributed by atoms with Crippen molar-refractivity contribution in [3.05, 3.63) is 59.4 Å². The van der Waals surface area contributed by atoms with Crippen molar-refractivity contribution in [2.45, 2.75) is 13.5 Å². The van der Waals surface area contributed by atoms with Gasteiger partial charge in [0.1, 0.15) is 11.5 Å². The summed E-state index contributed by atoms with van der Waals surface area (Å²) in [5, 5.41) is 13.6. The molecular weight excluding hydrogens is 290 g/mol. The van der Waals surface area contributed by atoms with Gasteiger partial charge in [0.15, 0.2) is 5.82 Å². The molecule has 0 radical (unpaired) electrons. The van der Waals surface area contributed by atoms with E-state index in [0.717, 1.165) is 11.9 Å². The van der Waals surface area contributed by atoms with E-state index in [-0.39, 0.29) is 18.2 Å². The molecule has 5 nitrogen and oxygen atoms in total. The van der Waals surface area contributed by atoms with Crippen molar-refractivity contribution < 1.29 is 13.9 Å². The van der Waals surface area contributed by atoms with Gasteiger partial charge in [0.2, 0.25) is 5.82 Å². The van der Waals surface area contributed by atoms with E-state index >= 15 is 0 Å². The third kappa shape index (κ3) is 2.65. The minimum atomic E-state index is -0.897. The number of benzene rings is 1. The molecule has 0 atom stereocenters. The lowest BCUT2D eigenvalue weighted by Crippen LogP contribution is -2.05. The zero-order valence-electron chi connectivity index (χ0n) is 11.7. The van der Waals surface area contributed by atoms with E-state index in [9.17, 15) is 13.9 Å². The van der Waals surface area contributed by atoms with Crippen LogP contribution in [-0.4, -0.2) is 24.9 Å². The van der Waals surface area contributed by atoms with E-state index in [0.29, 0.717) is 11.3 Å². The molecule has 0 aliphatic rings. The van der Waals surface area contributed by atoms with E-state index in [2.05, 4.69) is 15.1 Å². The SMILES string of the molecule is Cc1cc(-c2ncc(F)c(O)n2)nn1Cc1ccccc1F. The van der Waals surface area contributed by atoms with Gasteiger partial charge in [-0.15, -0.1) is 0 Å². The summed E-state index contributed by atoms with van der Waals surface area (Å²) in [5.41, 5.74) is 1.65. The van der Waals surface area contributed by atoms with E-state index < -0.39 is 11.7 Å². The highest BCUT2D eigenvalue weighted by atomic mass is 19.1. The molecule has 7 heteroatoms. The average Bonchev–Trinajstić information content (AvgIpc) is 2.85. The van der Waals surface area contributed by atoms with Gasteiger partial charge in [0.25, 0.3) is 5.88 Å². The molecule has 112 valence electrons. The summed E-state index contributed by atoms with van der Waals surface area (Å²) in [6.45, 7) is 2.06. The zero-order valence-corrected chi connectivity index (χ0v) is 11.7. The molecule has 0 aliphatic carbocycles. The lowest BCUT2D eigenvalue weighted by atomic mass is 10.2. The number of aromatic hydroxyl groups is 1. The predicted molar refractivity (Wildman–Crippen MR) is 75.1 cm³/mol. The Morgan fingerprint density at radius 2 is 1.95 bits per heavy atom. The Morgan fingerprint density at radius 1 is 1.18 bits per heavy atom. The summed E-state index contributed by atoms with van der Waals surface area (Å²) in [6, 6.07) is 8.12. The standard InChI is InChI=1S/C15H12F2N4O/c1-9-6-13(14-18-7-12(17)15(22)19-14)20-21(9)8-10-4-2-3-5-11(10)16/h2-7H,8H2,1H3,(H,18,19,22). The first-order valence-electron chi connectivity index (χ1n) is 6.54. The predicted octanol–water partition coefficient (Wildman–Crippen LogP) is 2.68. The summed E-state index contributed by atoms with van der Waals surface area (Å²) in [6.07, 6.45) is 0.878. The molecule has 3 aromatic rings. The van der Waals surface area contributed by atoms with Gasteiger partial charge in [0, 0.05) is 11.3 Å². The van der Waals surface area contributed by atoms with E-state index in [1.807, 2.05) is 0 Å². The number of hydrogen-bond donors (Lipinski definition) is 1. The fraction of sp³-hybridized carbons (Fsp3) is 0.133. The van der Waals surface area contributed by atoms with Crippen molar-refractivity contribution in [3.63, 3.8) is 0 Å². The first-order chi connectivity index (χ1) is 10.5. The number of nitrogens with zero attached hydrogens (tertiary/aromatic N) is 4. The average molecular weight is 302 g/mol. The van der Waals surface area contributed by atoms with Crippen LogP contribution in [0.15, 0.2) is 36.5 Å². The number of aromatic nitrogens is 4. The molecule has 0 bridgehead atoms. The van der Waals surface area contributed by atoms with Gasteiger partial charge in [-0.1, -0.05) is 18.2 Å². The van der Waals surface area contributed by atoms with Crippen LogP contribution in [-0.2, 0) is 6.54 Å². The first-order valence-corrected chi connectivity index (χ1v) is 6.54. The molecule has 0 aliphatic heterocycles. The summed E-state index contributed by atoms with van der Waals surface area (Å²) in [4.78, 5) is 7.43. The molecule has 0 unspecified atom stereocenters. The lowest BCUT2D eigenvalue weighted by Gasteiger charge is -2.05. The van der Waals surface area contributed by atoms with Crippen molar-refractivity contribution >= 4 is 0 Å². The molecule has 2 heterocycles. The summed E-state index contributed by atoms with van der Waals surface area (Å²) in [5.74, 6) is -1.83. The topological polar surface area (TPSA) is 63.8 Å². The molecule has 1 aromatic carbocycles. The van der Waals surface area contributed by atoms with Crippen LogP contribution in [0, 0.1) is 18.6 Å². The van der Waals surface area contributed by atoms with Crippen molar-refractivity contribution in [2.75, 3.05) is 0 Å². The van der Waals surface area contributed by atoms with Crippen LogP contribution in [0.3, 0.4) is 0 Å². The van der Waals surface area contributed by atoms with Gasteiger partial charge < -0.3 is 5.11 Å². The molecule has 3 rings (SSSR count). The van der Waals surface area contributed by atoms with Gasteiger partial charge in [-0.3, -0.25) is 4.68 Å². The maximum atomic E-state index is 13.7. The first kappa shape index (κ1) is 14.1. The van der Waals surface area contributed by atoms with Crippen LogP contribution >= 0.6 is 0 Å². The quantitative estimate of drug-likeness (QED) is 0.808. The zero-order chi connectivity index (χ0) is 15.7. The largest absolute Gasteiger partial charge is 0.491 e. The molecule has 2 aromatic heterocycles. The van der Waals surface area contributed by atoms with Gasteiger partial charge in [-0.2, -0.15) is 14.5 Å². The summed E-state index contributed by atoms with van der Waals surface area (Å²) < 4.78 is 28.3. The number of rotatable bonds is 3. The fourth-order valence-electron chi connectivity index (χ4n) is 2.05. The smallest absolute Gasteiger partial charge is 0.251 e. The van der Waals surface area contributed by atoms with Crippen molar-refractivity contribution in [1.29, 1.82) is 0 Å². The maximum Gasteiger partial charge on any atom is 0.251 e. The van der Waals surface area contributed by atoms with Crippen LogP contribution in [0.5, 0.6) is 5.88 Å². The van der Waals surface area contributed by atoms with Gasteiger partial charge in [-0.05, 0) is 19.1 Å². The Morgan fingerprint density at radius 3 is 2.68 bits per heavy atom. The van der Waals surface area contributed by atoms with Crippen LogP contribution in [0.2, 0.25) is 0 Å². The van der Waals surface area contributed by atoms with Crippen molar-refractivity contribution in [2.24, 2.45) is 0 Å². The Hall–Kier alpha value is -2.83. The molecule has 0 spiro atoms. The van der Waals surface area contributed by atoms with Crippen molar-refractivity contribution in [1.82, 2.24) is 19.7 Å². The minimum Gasteiger partial charge on any atom is -0.491 e. The highest BCUT2D eigenvalue weighted by Crippen LogP contribution is 2.19. The summed E-state index contributed by atoms with van der Waals surface area (Å²) in [7, 11) is 0. The van der Waals surface area contributed by atoms with E-state index in [1.165, 1.54) is 6.07 Å². The van der Waals surface area contributed by atoms with Gasteiger partial charge in [-0.25, -0.2) is 9.37 Å². The summed E-state index contributed by atoms with van der Waals surface area (Å²) >= 11 is 0. The van der Waals surface area contributed by atoms with Crippen LogP contribution in [0.1, 0.15) is 11.3 Å². The minimum absolute atomic E-state index is 0.106. The second-order valence-corrected chi connectivity index (χ2v) is 4.79. The Balaban J connectivity index is 1.94. The molecular formula is C15H12F2N4O. The second kappa shape index (κ2) is 5.51. The number of hydrogen-bond acceptors (Lipinski definition) is 4. The third-order valence-corrected chi connectivity index (χ3v) is 3.21. The highest BCUT2D eigenvalue weighted by Gasteiger charge is 2.13. The fourth-order valence-corrected chi connectivity index (χ4v) is 2.05. The Bertz CT molecular complexity index is 832. The molecule has 0 saturated carbocycles. The monoisotopic (exact) mass is 302 g/mol.